The highest BCUT2D eigenvalue weighted by Crippen LogP contribution is 2.32. The Balaban J connectivity index is 1.39. The number of sulfone groups is 1. The number of hydroxylamine groups is 2. The predicted octanol–water partition coefficient (Wildman–Crippen LogP) is 1.77. The van der Waals surface area contributed by atoms with Gasteiger partial charge >= 0.3 is 0 Å². The monoisotopic (exact) mass is 526 g/mol. The Kier molecular flexibility index (Phi) is 7.49. The number of carbonyl (C=O) groups is 2. The first-order valence-electron chi connectivity index (χ1n) is 11.8. The molecule has 196 valence electrons. The van der Waals surface area contributed by atoms with Crippen LogP contribution >= 0.6 is 0 Å². The zero-order valence-electron chi connectivity index (χ0n) is 20.8. The standard InChI is InChI=1S/C26H30N4O6S/c1-18-15-19(22-5-3-4-6-23(22)28-18)17-36-21-9-7-20(8-10-21)26(27)11-12-29(25(26)32)16-24(31)30(33)13-14-37(2,34)35/h3-10,15,33H,11-14,16-17,27H2,1-2H3. The van der Waals surface area contributed by atoms with E-state index in [1.165, 1.54) is 4.90 Å². The van der Waals surface area contributed by atoms with E-state index in [4.69, 9.17) is 10.5 Å². The lowest BCUT2D eigenvalue weighted by atomic mass is 9.89. The molecular weight excluding hydrogens is 496 g/mol. The molecule has 2 aromatic carbocycles. The Labute approximate surface area is 215 Å². The number of pyridine rings is 1. The van der Waals surface area contributed by atoms with Crippen molar-refractivity contribution in [2.75, 3.05) is 31.6 Å². The SMILES string of the molecule is Cc1cc(COc2ccc(C3(N)CCN(CC(=O)N(O)CCS(C)(=O)=O)C3=O)cc2)c2ccccc2n1. The Morgan fingerprint density at radius 1 is 1.22 bits per heavy atom. The number of nitrogens with two attached hydrogens (primary N) is 1. The minimum atomic E-state index is -3.35. The summed E-state index contributed by atoms with van der Waals surface area (Å²) in [6.45, 7) is 1.76. The lowest BCUT2D eigenvalue weighted by Crippen LogP contribution is -2.48. The van der Waals surface area contributed by atoms with Gasteiger partial charge in [-0.3, -0.25) is 19.8 Å². The van der Waals surface area contributed by atoms with Crippen molar-refractivity contribution in [3.05, 3.63) is 71.4 Å². The van der Waals surface area contributed by atoms with Gasteiger partial charge in [0.25, 0.3) is 5.91 Å². The zero-order valence-corrected chi connectivity index (χ0v) is 21.6. The molecule has 2 amide bonds. The van der Waals surface area contributed by atoms with Crippen molar-refractivity contribution in [2.45, 2.75) is 25.5 Å². The molecular formula is C26H30N4O6S. The Morgan fingerprint density at radius 2 is 1.92 bits per heavy atom. The summed E-state index contributed by atoms with van der Waals surface area (Å²) in [5.41, 5.74) is 8.57. The summed E-state index contributed by atoms with van der Waals surface area (Å²) < 4.78 is 28.5. The molecule has 0 saturated carbocycles. The van der Waals surface area contributed by atoms with E-state index in [0.717, 1.165) is 28.4 Å². The first-order valence-corrected chi connectivity index (χ1v) is 13.9. The van der Waals surface area contributed by atoms with E-state index in [0.29, 0.717) is 23.0 Å². The van der Waals surface area contributed by atoms with Crippen molar-refractivity contribution >= 4 is 32.6 Å². The highest BCUT2D eigenvalue weighted by atomic mass is 32.2. The number of ether oxygens (including phenoxy) is 1. The third-order valence-electron chi connectivity index (χ3n) is 6.43. The number of carbonyl (C=O) groups excluding carboxylic acids is 2. The maximum absolute atomic E-state index is 13.1. The number of likely N-dealkylation sites (tertiary alicyclic amines) is 1. The molecule has 2 heterocycles. The first-order chi connectivity index (χ1) is 17.5. The van der Waals surface area contributed by atoms with E-state index in [-0.39, 0.29) is 25.3 Å². The third-order valence-corrected chi connectivity index (χ3v) is 7.35. The van der Waals surface area contributed by atoms with Gasteiger partial charge in [-0.1, -0.05) is 30.3 Å². The molecule has 10 nitrogen and oxygen atoms in total. The van der Waals surface area contributed by atoms with Crippen molar-refractivity contribution in [3.63, 3.8) is 0 Å². The third kappa shape index (κ3) is 6.07. The second-order valence-electron chi connectivity index (χ2n) is 9.35. The number of amides is 2. The molecule has 1 fully saturated rings. The number of rotatable bonds is 9. The summed E-state index contributed by atoms with van der Waals surface area (Å²) >= 11 is 0. The minimum Gasteiger partial charge on any atom is -0.489 e. The van der Waals surface area contributed by atoms with Crippen LogP contribution in [0.3, 0.4) is 0 Å². The molecule has 37 heavy (non-hydrogen) atoms. The van der Waals surface area contributed by atoms with Crippen molar-refractivity contribution < 1.29 is 28.0 Å². The molecule has 0 radical (unpaired) electrons. The molecule has 11 heteroatoms. The Hall–Kier alpha value is -3.54. The van der Waals surface area contributed by atoms with Crippen LogP contribution in [0.4, 0.5) is 0 Å². The van der Waals surface area contributed by atoms with Gasteiger partial charge in [0, 0.05) is 29.4 Å². The molecule has 1 aliphatic heterocycles. The van der Waals surface area contributed by atoms with E-state index in [2.05, 4.69) is 4.98 Å². The van der Waals surface area contributed by atoms with Crippen LogP contribution in [0, 0.1) is 6.92 Å². The molecule has 3 N–H and O–H groups in total. The largest absolute Gasteiger partial charge is 0.489 e. The lowest BCUT2D eigenvalue weighted by Gasteiger charge is -2.25. The van der Waals surface area contributed by atoms with Gasteiger partial charge in [-0.05, 0) is 43.2 Å². The Bertz CT molecular complexity index is 1430. The normalized spacial score (nSPS) is 17.8. The van der Waals surface area contributed by atoms with E-state index in [1.54, 1.807) is 24.3 Å². The van der Waals surface area contributed by atoms with Gasteiger partial charge in [-0.15, -0.1) is 0 Å². The predicted molar refractivity (Wildman–Crippen MR) is 138 cm³/mol. The second-order valence-corrected chi connectivity index (χ2v) is 11.6. The number of nitrogens with zero attached hydrogens (tertiary/aromatic N) is 3. The zero-order chi connectivity index (χ0) is 26.8. The smallest absolute Gasteiger partial charge is 0.265 e. The maximum atomic E-state index is 13.1. The molecule has 1 atom stereocenters. The summed E-state index contributed by atoms with van der Waals surface area (Å²) in [6.07, 6.45) is 1.30. The second kappa shape index (κ2) is 10.4. The van der Waals surface area contributed by atoms with Gasteiger partial charge in [0.2, 0.25) is 5.91 Å². The van der Waals surface area contributed by atoms with Crippen LogP contribution in [0.5, 0.6) is 5.75 Å². The number of aromatic nitrogens is 1. The van der Waals surface area contributed by atoms with Gasteiger partial charge in [-0.2, -0.15) is 0 Å². The highest BCUT2D eigenvalue weighted by molar-refractivity contribution is 7.90. The molecule has 1 aromatic heterocycles. The van der Waals surface area contributed by atoms with Crippen LogP contribution in [-0.4, -0.2) is 72.0 Å². The minimum absolute atomic E-state index is 0.230. The van der Waals surface area contributed by atoms with Crippen molar-refractivity contribution in [2.24, 2.45) is 5.73 Å². The van der Waals surface area contributed by atoms with E-state index in [1.807, 2.05) is 37.3 Å². The molecule has 0 spiro atoms. The molecule has 1 aliphatic rings. The summed E-state index contributed by atoms with van der Waals surface area (Å²) in [5, 5.41) is 11.2. The fourth-order valence-electron chi connectivity index (χ4n) is 4.37. The van der Waals surface area contributed by atoms with Gasteiger partial charge < -0.3 is 15.4 Å². The number of fused-ring (bicyclic) bond motifs is 1. The van der Waals surface area contributed by atoms with Crippen LogP contribution in [0.1, 0.15) is 23.2 Å². The van der Waals surface area contributed by atoms with Crippen LogP contribution in [-0.2, 0) is 31.6 Å². The average Bonchev–Trinajstić information content (AvgIpc) is 3.15. The van der Waals surface area contributed by atoms with E-state index in [9.17, 15) is 23.2 Å². The highest BCUT2D eigenvalue weighted by Gasteiger charge is 2.45. The van der Waals surface area contributed by atoms with Gasteiger partial charge in [0.05, 0.1) is 17.8 Å². The summed E-state index contributed by atoms with van der Waals surface area (Å²) in [5.74, 6) is -0.978. The van der Waals surface area contributed by atoms with Crippen molar-refractivity contribution in [1.82, 2.24) is 14.9 Å². The molecule has 1 saturated heterocycles. The fraction of sp³-hybridized carbons (Fsp3) is 0.346. The van der Waals surface area contributed by atoms with Crippen LogP contribution < -0.4 is 10.5 Å². The van der Waals surface area contributed by atoms with Gasteiger partial charge in [-0.25, -0.2) is 13.5 Å². The van der Waals surface area contributed by atoms with Crippen molar-refractivity contribution in [1.29, 1.82) is 0 Å². The molecule has 0 aliphatic carbocycles. The molecule has 4 rings (SSSR count). The van der Waals surface area contributed by atoms with Gasteiger partial charge in [0.15, 0.2) is 0 Å². The molecule has 0 bridgehead atoms. The summed E-state index contributed by atoms with van der Waals surface area (Å²) in [7, 11) is -3.35. The lowest BCUT2D eigenvalue weighted by molar-refractivity contribution is -0.166. The quantitative estimate of drug-likeness (QED) is 0.317. The number of hydrogen-bond donors (Lipinski definition) is 2. The summed E-state index contributed by atoms with van der Waals surface area (Å²) in [4.78, 5) is 31.2. The molecule has 3 aromatic rings. The number of benzene rings is 2. The van der Waals surface area contributed by atoms with Crippen LogP contribution in [0.2, 0.25) is 0 Å². The first kappa shape index (κ1) is 26.5. The number of hydrogen-bond acceptors (Lipinski definition) is 8. The van der Waals surface area contributed by atoms with Gasteiger partial charge in [0.1, 0.15) is 34.3 Å². The average molecular weight is 527 g/mol. The summed E-state index contributed by atoms with van der Waals surface area (Å²) in [6, 6.07) is 16.8. The van der Waals surface area contributed by atoms with Crippen LogP contribution in [0.15, 0.2) is 54.6 Å². The van der Waals surface area contributed by atoms with E-state index >= 15 is 0 Å². The molecule has 1 unspecified atom stereocenters. The maximum Gasteiger partial charge on any atom is 0.265 e. The van der Waals surface area contributed by atoms with Crippen molar-refractivity contribution in [3.8, 4) is 5.75 Å². The van der Waals surface area contributed by atoms with Crippen LogP contribution in [0.25, 0.3) is 10.9 Å². The van der Waals surface area contributed by atoms with E-state index < -0.39 is 33.7 Å². The fourth-order valence-corrected chi connectivity index (χ4v) is 4.87. The topological polar surface area (TPSA) is 143 Å². The Morgan fingerprint density at radius 3 is 2.62 bits per heavy atom. The number of aryl methyl sites for hydroxylation is 1. The number of para-hydroxylation sites is 1.